The molecule has 0 saturated carbocycles. The number of aryl methyl sites for hydroxylation is 1. The van der Waals surface area contributed by atoms with Gasteiger partial charge in [-0.15, -0.1) is 0 Å². The van der Waals surface area contributed by atoms with E-state index in [0.29, 0.717) is 5.69 Å². The molecule has 0 heterocycles. The van der Waals surface area contributed by atoms with Crippen LogP contribution in [0.1, 0.15) is 24.5 Å². The largest absolute Gasteiger partial charge is 0.416 e. The Balaban J connectivity index is 1.87. The van der Waals surface area contributed by atoms with Gasteiger partial charge in [-0.25, -0.2) is 0 Å². The van der Waals surface area contributed by atoms with Crippen molar-refractivity contribution in [1.82, 2.24) is 0 Å². The Morgan fingerprint density at radius 2 is 1.83 bits per heavy atom. The first kappa shape index (κ1) is 17.8. The summed E-state index contributed by atoms with van der Waals surface area (Å²) in [6.07, 6.45) is -3.41. The molecule has 0 atom stereocenters. The fourth-order valence-electron chi connectivity index (χ4n) is 2.29. The van der Waals surface area contributed by atoms with Gasteiger partial charge in [0.25, 0.3) is 0 Å². The van der Waals surface area contributed by atoms with Gasteiger partial charge in [-0.2, -0.15) is 13.2 Å². The standard InChI is InChI=1S/C18H19F3N2O/c1-2-13-6-3-4-9-16(13)23-17(24)10-11-22-15-8-5-7-14(12-15)18(19,20)21/h3-9,12,22H,2,10-11H2,1H3,(H,23,24). The number of amides is 1. The van der Waals surface area contributed by atoms with Gasteiger partial charge in [0.05, 0.1) is 5.56 Å². The fourth-order valence-corrected chi connectivity index (χ4v) is 2.29. The van der Waals surface area contributed by atoms with Crippen molar-refractivity contribution < 1.29 is 18.0 Å². The predicted octanol–water partition coefficient (Wildman–Crippen LogP) is 4.71. The van der Waals surface area contributed by atoms with E-state index in [-0.39, 0.29) is 18.9 Å². The first-order valence-electron chi connectivity index (χ1n) is 7.69. The first-order valence-corrected chi connectivity index (χ1v) is 7.69. The highest BCUT2D eigenvalue weighted by Crippen LogP contribution is 2.30. The van der Waals surface area contributed by atoms with Gasteiger partial charge in [0, 0.05) is 24.3 Å². The Kier molecular flexibility index (Phi) is 5.84. The highest BCUT2D eigenvalue weighted by Gasteiger charge is 2.30. The molecular formula is C18H19F3N2O. The van der Waals surface area contributed by atoms with Gasteiger partial charge in [-0.3, -0.25) is 4.79 Å². The van der Waals surface area contributed by atoms with E-state index in [0.717, 1.165) is 29.8 Å². The highest BCUT2D eigenvalue weighted by atomic mass is 19.4. The molecule has 0 saturated heterocycles. The maximum atomic E-state index is 12.6. The predicted molar refractivity (Wildman–Crippen MR) is 89.0 cm³/mol. The molecule has 2 aromatic carbocycles. The van der Waals surface area contributed by atoms with Gasteiger partial charge in [-0.05, 0) is 36.2 Å². The zero-order valence-corrected chi connectivity index (χ0v) is 13.3. The smallest absolute Gasteiger partial charge is 0.385 e. The molecule has 2 aromatic rings. The van der Waals surface area contributed by atoms with E-state index in [2.05, 4.69) is 10.6 Å². The van der Waals surface area contributed by atoms with Crippen molar-refractivity contribution in [2.45, 2.75) is 25.9 Å². The van der Waals surface area contributed by atoms with E-state index < -0.39 is 11.7 Å². The Bertz CT molecular complexity index is 699. The minimum absolute atomic E-state index is 0.161. The molecule has 2 rings (SSSR count). The number of carbonyl (C=O) groups excluding carboxylic acids is 1. The molecule has 0 aliphatic heterocycles. The second-order valence-electron chi connectivity index (χ2n) is 5.31. The summed E-state index contributed by atoms with van der Waals surface area (Å²) >= 11 is 0. The summed E-state index contributed by atoms with van der Waals surface area (Å²) in [5.41, 5.74) is 1.43. The van der Waals surface area contributed by atoms with Crippen LogP contribution in [0.4, 0.5) is 24.5 Å². The van der Waals surface area contributed by atoms with Gasteiger partial charge in [0.2, 0.25) is 5.91 Å². The van der Waals surface area contributed by atoms with Gasteiger partial charge in [0.15, 0.2) is 0 Å². The number of nitrogens with one attached hydrogen (secondary N) is 2. The minimum atomic E-state index is -4.38. The number of rotatable bonds is 6. The molecule has 0 bridgehead atoms. The topological polar surface area (TPSA) is 41.1 Å². The van der Waals surface area contributed by atoms with E-state index in [1.807, 2.05) is 31.2 Å². The molecule has 0 aliphatic rings. The molecule has 0 aliphatic carbocycles. The summed E-state index contributed by atoms with van der Waals surface area (Å²) in [7, 11) is 0. The highest BCUT2D eigenvalue weighted by molar-refractivity contribution is 5.91. The zero-order valence-electron chi connectivity index (χ0n) is 13.3. The number of para-hydroxylation sites is 1. The van der Waals surface area contributed by atoms with Gasteiger partial charge in [-0.1, -0.05) is 31.2 Å². The summed E-state index contributed by atoms with van der Waals surface area (Å²) < 4.78 is 37.9. The maximum absolute atomic E-state index is 12.6. The van der Waals surface area contributed by atoms with Crippen molar-refractivity contribution in [2.75, 3.05) is 17.2 Å². The van der Waals surface area contributed by atoms with Crippen LogP contribution in [0, 0.1) is 0 Å². The molecule has 6 heteroatoms. The van der Waals surface area contributed by atoms with E-state index in [4.69, 9.17) is 0 Å². The van der Waals surface area contributed by atoms with Crippen LogP contribution in [-0.4, -0.2) is 12.5 Å². The van der Waals surface area contributed by atoms with Crippen LogP contribution < -0.4 is 10.6 Å². The Morgan fingerprint density at radius 1 is 1.08 bits per heavy atom. The summed E-state index contributed by atoms with van der Waals surface area (Å²) in [6, 6.07) is 12.4. The SMILES string of the molecule is CCc1ccccc1NC(=O)CCNc1cccc(C(F)(F)F)c1. The number of alkyl halides is 3. The van der Waals surface area contributed by atoms with E-state index in [1.165, 1.54) is 6.07 Å². The van der Waals surface area contributed by atoms with Gasteiger partial charge >= 0.3 is 6.18 Å². The Hall–Kier alpha value is -2.50. The van der Waals surface area contributed by atoms with Crippen molar-refractivity contribution in [3.05, 3.63) is 59.7 Å². The molecular weight excluding hydrogens is 317 g/mol. The number of anilines is 2. The quantitative estimate of drug-likeness (QED) is 0.802. The average Bonchev–Trinajstić information content (AvgIpc) is 2.55. The van der Waals surface area contributed by atoms with Gasteiger partial charge < -0.3 is 10.6 Å². The summed E-state index contributed by atoms with van der Waals surface area (Å²) in [6.45, 7) is 2.25. The normalized spacial score (nSPS) is 11.2. The van der Waals surface area contributed by atoms with E-state index >= 15 is 0 Å². The third-order valence-electron chi connectivity index (χ3n) is 3.54. The maximum Gasteiger partial charge on any atom is 0.416 e. The van der Waals surface area contributed by atoms with Crippen molar-refractivity contribution in [3.8, 4) is 0 Å². The lowest BCUT2D eigenvalue weighted by molar-refractivity contribution is -0.137. The monoisotopic (exact) mass is 336 g/mol. The molecule has 0 aromatic heterocycles. The lowest BCUT2D eigenvalue weighted by Gasteiger charge is -2.12. The number of halogens is 3. The second-order valence-corrected chi connectivity index (χ2v) is 5.31. The lowest BCUT2D eigenvalue weighted by Crippen LogP contribution is -2.17. The van der Waals surface area contributed by atoms with Crippen LogP contribution >= 0.6 is 0 Å². The number of hydrogen-bond acceptors (Lipinski definition) is 2. The lowest BCUT2D eigenvalue weighted by atomic mass is 10.1. The van der Waals surface area contributed by atoms with Crippen LogP contribution in [0.3, 0.4) is 0 Å². The van der Waals surface area contributed by atoms with Crippen LogP contribution in [0.2, 0.25) is 0 Å². The van der Waals surface area contributed by atoms with E-state index in [9.17, 15) is 18.0 Å². The van der Waals surface area contributed by atoms with Crippen LogP contribution in [0.25, 0.3) is 0 Å². The number of carbonyl (C=O) groups is 1. The van der Waals surface area contributed by atoms with Crippen molar-refractivity contribution in [3.63, 3.8) is 0 Å². The third kappa shape index (κ3) is 5.01. The molecule has 0 unspecified atom stereocenters. The summed E-state index contributed by atoms with van der Waals surface area (Å²) in [5.74, 6) is -0.185. The Morgan fingerprint density at radius 3 is 2.54 bits per heavy atom. The number of hydrogen-bond donors (Lipinski definition) is 2. The molecule has 0 spiro atoms. The second kappa shape index (κ2) is 7.86. The Labute approximate surface area is 138 Å². The molecule has 0 radical (unpaired) electrons. The molecule has 0 fully saturated rings. The molecule has 24 heavy (non-hydrogen) atoms. The van der Waals surface area contributed by atoms with Crippen LogP contribution in [0.5, 0.6) is 0 Å². The van der Waals surface area contributed by atoms with Crippen molar-refractivity contribution >= 4 is 17.3 Å². The average molecular weight is 336 g/mol. The van der Waals surface area contributed by atoms with Crippen molar-refractivity contribution in [2.24, 2.45) is 0 Å². The molecule has 3 nitrogen and oxygen atoms in total. The minimum Gasteiger partial charge on any atom is -0.385 e. The molecule has 2 N–H and O–H groups in total. The van der Waals surface area contributed by atoms with E-state index in [1.54, 1.807) is 6.07 Å². The first-order chi connectivity index (χ1) is 11.4. The fraction of sp³-hybridized carbons (Fsp3) is 0.278. The van der Waals surface area contributed by atoms with Crippen molar-refractivity contribution in [1.29, 1.82) is 0 Å². The molecule has 128 valence electrons. The van der Waals surface area contributed by atoms with Crippen LogP contribution in [-0.2, 0) is 17.4 Å². The van der Waals surface area contributed by atoms with Gasteiger partial charge in [0.1, 0.15) is 0 Å². The summed E-state index contributed by atoms with van der Waals surface area (Å²) in [4.78, 5) is 12.0. The third-order valence-corrected chi connectivity index (χ3v) is 3.54. The van der Waals surface area contributed by atoms with Crippen LogP contribution in [0.15, 0.2) is 48.5 Å². The zero-order chi connectivity index (χ0) is 17.6. The number of benzene rings is 2. The summed E-state index contributed by atoms with van der Waals surface area (Å²) in [5, 5.41) is 5.67. The molecule has 1 amide bonds.